The van der Waals surface area contributed by atoms with Crippen LogP contribution in [0.4, 0.5) is 6.01 Å². The number of aromatic nitrogens is 1. The minimum absolute atomic E-state index is 0.0794. The van der Waals surface area contributed by atoms with Crippen molar-refractivity contribution in [1.29, 1.82) is 0 Å². The molecule has 1 aromatic heterocycles. The van der Waals surface area contributed by atoms with E-state index in [1.54, 1.807) is 0 Å². The van der Waals surface area contributed by atoms with Crippen LogP contribution in [-0.2, 0) is 0 Å². The molecule has 7 heteroatoms. The third-order valence-electron chi connectivity index (χ3n) is 3.33. The second-order valence-electron chi connectivity index (χ2n) is 5.60. The molecule has 2 N–H and O–H groups in total. The first-order valence-corrected chi connectivity index (χ1v) is 6.32. The lowest BCUT2D eigenvalue weighted by molar-refractivity contribution is 0.0700. The quantitative estimate of drug-likeness (QED) is 0.607. The first kappa shape index (κ1) is 13.8. The zero-order chi connectivity index (χ0) is 14.0. The Kier molecular flexibility index (Phi) is 3.77. The van der Waals surface area contributed by atoms with Crippen molar-refractivity contribution in [2.45, 2.75) is 26.3 Å². The van der Waals surface area contributed by atoms with E-state index in [4.69, 9.17) is 9.62 Å². The lowest BCUT2D eigenvalue weighted by Crippen LogP contribution is -2.53. The van der Waals surface area contributed by atoms with Crippen LogP contribution in [0, 0.1) is 0 Å². The molecular formula is C12H20N4O3. The Morgan fingerprint density at radius 3 is 2.53 bits per heavy atom. The molecule has 1 aromatic rings. The fraction of sp³-hybridized carbons (Fsp3) is 0.667. The Bertz CT molecular complexity index is 444. The molecule has 0 unspecified atom stereocenters. The van der Waals surface area contributed by atoms with Gasteiger partial charge in [-0.3, -0.25) is 14.9 Å². The van der Waals surface area contributed by atoms with Gasteiger partial charge < -0.3 is 9.32 Å². The maximum Gasteiger partial charge on any atom is 0.298 e. The highest BCUT2D eigenvalue weighted by Crippen LogP contribution is 2.20. The fourth-order valence-electron chi connectivity index (χ4n) is 2.14. The van der Waals surface area contributed by atoms with Gasteiger partial charge in [0.05, 0.1) is 0 Å². The van der Waals surface area contributed by atoms with Gasteiger partial charge in [-0.25, -0.2) is 5.48 Å². The summed E-state index contributed by atoms with van der Waals surface area (Å²) < 4.78 is 5.27. The predicted molar refractivity (Wildman–Crippen MR) is 69.3 cm³/mol. The minimum atomic E-state index is -0.664. The van der Waals surface area contributed by atoms with E-state index in [1.807, 2.05) is 4.90 Å². The van der Waals surface area contributed by atoms with E-state index in [9.17, 15) is 4.79 Å². The number of carbonyl (C=O) groups is 1. The van der Waals surface area contributed by atoms with Gasteiger partial charge in [-0.1, -0.05) is 0 Å². The molecule has 1 saturated heterocycles. The van der Waals surface area contributed by atoms with Gasteiger partial charge in [0, 0.05) is 31.7 Å². The van der Waals surface area contributed by atoms with E-state index in [0.717, 1.165) is 26.2 Å². The molecule has 2 rings (SSSR count). The summed E-state index contributed by atoms with van der Waals surface area (Å²) in [6.45, 7) is 10.0. The molecule has 1 aliphatic heterocycles. The Hall–Kier alpha value is -1.60. The highest BCUT2D eigenvalue weighted by atomic mass is 16.5. The first-order valence-electron chi connectivity index (χ1n) is 6.32. The Morgan fingerprint density at radius 2 is 2.00 bits per heavy atom. The van der Waals surface area contributed by atoms with Crippen molar-refractivity contribution < 1.29 is 14.4 Å². The Morgan fingerprint density at radius 1 is 1.37 bits per heavy atom. The average molecular weight is 268 g/mol. The van der Waals surface area contributed by atoms with Crippen LogP contribution in [0.25, 0.3) is 0 Å². The van der Waals surface area contributed by atoms with E-state index in [1.165, 1.54) is 11.7 Å². The first-order chi connectivity index (χ1) is 8.91. The number of amides is 1. The normalized spacial score (nSPS) is 17.6. The second kappa shape index (κ2) is 5.18. The number of anilines is 1. The molecule has 0 atom stereocenters. The molecule has 0 spiro atoms. The summed E-state index contributed by atoms with van der Waals surface area (Å²) >= 11 is 0. The highest BCUT2D eigenvalue weighted by Gasteiger charge is 2.27. The van der Waals surface area contributed by atoms with Crippen molar-refractivity contribution in [3.63, 3.8) is 0 Å². The Labute approximate surface area is 112 Å². The van der Waals surface area contributed by atoms with Crippen molar-refractivity contribution in [1.82, 2.24) is 15.4 Å². The van der Waals surface area contributed by atoms with Crippen molar-refractivity contribution >= 4 is 11.9 Å². The van der Waals surface area contributed by atoms with Gasteiger partial charge in [-0.15, -0.1) is 0 Å². The summed E-state index contributed by atoms with van der Waals surface area (Å²) in [5, 5.41) is 8.53. The van der Waals surface area contributed by atoms with Crippen molar-refractivity contribution in [2.24, 2.45) is 0 Å². The van der Waals surface area contributed by atoms with Gasteiger partial charge in [-0.05, 0) is 20.8 Å². The molecule has 1 aliphatic rings. The molecule has 0 aromatic carbocycles. The third-order valence-corrected chi connectivity index (χ3v) is 3.33. The van der Waals surface area contributed by atoms with Crippen LogP contribution >= 0.6 is 0 Å². The number of carbonyl (C=O) groups excluding carboxylic acids is 1. The second-order valence-corrected chi connectivity index (χ2v) is 5.60. The molecule has 0 aliphatic carbocycles. The molecule has 0 radical (unpaired) electrons. The highest BCUT2D eigenvalue weighted by molar-refractivity contribution is 5.91. The van der Waals surface area contributed by atoms with Crippen LogP contribution in [0.2, 0.25) is 0 Å². The number of piperazine rings is 1. The summed E-state index contributed by atoms with van der Waals surface area (Å²) in [5.74, 6) is -0.664. The van der Waals surface area contributed by atoms with Gasteiger partial charge in [0.15, 0.2) is 5.69 Å². The summed E-state index contributed by atoms with van der Waals surface area (Å²) in [4.78, 5) is 19.6. The number of oxazole rings is 1. The number of hydroxylamine groups is 1. The maximum atomic E-state index is 11.2. The predicted octanol–water partition coefficient (Wildman–Crippen LogP) is 0.714. The topological polar surface area (TPSA) is 81.8 Å². The number of nitrogens with zero attached hydrogens (tertiary/aromatic N) is 3. The van der Waals surface area contributed by atoms with Crippen LogP contribution in [-0.4, -0.2) is 52.7 Å². The smallest absolute Gasteiger partial charge is 0.298 e. The number of hydrogen-bond acceptors (Lipinski definition) is 6. The maximum absolute atomic E-state index is 11.2. The molecular weight excluding hydrogens is 248 g/mol. The lowest BCUT2D eigenvalue weighted by atomic mass is 10.1. The zero-order valence-electron chi connectivity index (χ0n) is 11.5. The minimum Gasteiger partial charge on any atom is -0.431 e. The van der Waals surface area contributed by atoms with E-state index in [2.05, 4.69) is 30.7 Å². The molecule has 7 nitrogen and oxygen atoms in total. The lowest BCUT2D eigenvalue weighted by Gasteiger charge is -2.41. The van der Waals surface area contributed by atoms with Crippen molar-refractivity contribution in [3.8, 4) is 0 Å². The standard InChI is InChI=1S/C12H20N4O3/c1-12(2,3)16-6-4-15(5-7-16)11-13-9(8-19-11)10(17)14-18/h8,18H,4-7H2,1-3H3,(H,14,17). The summed E-state index contributed by atoms with van der Waals surface area (Å²) in [6.07, 6.45) is 1.25. The summed E-state index contributed by atoms with van der Waals surface area (Å²) in [5.41, 5.74) is 1.77. The number of hydrogen-bond donors (Lipinski definition) is 2. The van der Waals surface area contributed by atoms with Gasteiger partial charge in [-0.2, -0.15) is 4.98 Å². The number of nitrogens with one attached hydrogen (secondary N) is 1. The molecule has 2 heterocycles. The van der Waals surface area contributed by atoms with Crippen molar-refractivity contribution in [3.05, 3.63) is 12.0 Å². The summed E-state index contributed by atoms with van der Waals surface area (Å²) in [7, 11) is 0. The average Bonchev–Trinajstić information content (AvgIpc) is 2.86. The fourth-order valence-corrected chi connectivity index (χ4v) is 2.14. The SMILES string of the molecule is CC(C)(C)N1CCN(c2nc(C(=O)NO)co2)CC1. The molecule has 19 heavy (non-hydrogen) atoms. The van der Waals surface area contributed by atoms with E-state index in [0.29, 0.717) is 6.01 Å². The molecule has 0 saturated carbocycles. The molecule has 0 bridgehead atoms. The van der Waals surface area contributed by atoms with E-state index >= 15 is 0 Å². The van der Waals surface area contributed by atoms with E-state index < -0.39 is 5.91 Å². The largest absolute Gasteiger partial charge is 0.431 e. The summed E-state index contributed by atoms with van der Waals surface area (Å²) in [6, 6.07) is 0.423. The van der Waals surface area contributed by atoms with Gasteiger partial charge >= 0.3 is 0 Å². The van der Waals surface area contributed by atoms with E-state index in [-0.39, 0.29) is 11.2 Å². The Balaban J connectivity index is 1.98. The monoisotopic (exact) mass is 268 g/mol. The molecule has 1 amide bonds. The molecule has 1 fully saturated rings. The van der Waals surface area contributed by atoms with Gasteiger partial charge in [0.1, 0.15) is 6.26 Å². The zero-order valence-corrected chi connectivity index (χ0v) is 11.5. The third kappa shape index (κ3) is 3.05. The van der Waals surface area contributed by atoms with Gasteiger partial charge in [0.25, 0.3) is 11.9 Å². The van der Waals surface area contributed by atoms with Crippen LogP contribution in [0.1, 0.15) is 31.3 Å². The molecule has 106 valence electrons. The van der Waals surface area contributed by atoms with Crippen LogP contribution in [0.3, 0.4) is 0 Å². The van der Waals surface area contributed by atoms with Crippen LogP contribution in [0.5, 0.6) is 0 Å². The van der Waals surface area contributed by atoms with Crippen LogP contribution in [0.15, 0.2) is 10.7 Å². The van der Waals surface area contributed by atoms with Gasteiger partial charge in [0.2, 0.25) is 0 Å². The number of rotatable bonds is 2. The van der Waals surface area contributed by atoms with Crippen LogP contribution < -0.4 is 10.4 Å². The van der Waals surface area contributed by atoms with Crippen molar-refractivity contribution in [2.75, 3.05) is 31.1 Å².